The van der Waals surface area contributed by atoms with Crippen molar-refractivity contribution >= 4 is 5.91 Å². The molecule has 2 aromatic carbocycles. The van der Waals surface area contributed by atoms with E-state index in [1.807, 2.05) is 12.1 Å². The highest BCUT2D eigenvalue weighted by molar-refractivity contribution is 5.78. The third-order valence-electron chi connectivity index (χ3n) is 5.57. The lowest BCUT2D eigenvalue weighted by atomic mass is 10.0. The lowest BCUT2D eigenvalue weighted by Gasteiger charge is -2.39. The highest BCUT2D eigenvalue weighted by Gasteiger charge is 2.25. The first-order valence-electron chi connectivity index (χ1n) is 10.2. The van der Waals surface area contributed by atoms with Crippen LogP contribution in [0.2, 0.25) is 0 Å². The Balaban J connectivity index is 1.65. The molecule has 5 nitrogen and oxygen atoms in total. The maximum absolute atomic E-state index is 13.1. The molecule has 1 unspecified atom stereocenters. The van der Waals surface area contributed by atoms with Crippen molar-refractivity contribution in [1.29, 1.82) is 0 Å². The number of rotatable bonds is 8. The van der Waals surface area contributed by atoms with Gasteiger partial charge < -0.3 is 15.0 Å². The van der Waals surface area contributed by atoms with E-state index in [4.69, 9.17) is 4.74 Å². The minimum Gasteiger partial charge on any atom is -0.497 e. The molecule has 1 amide bonds. The van der Waals surface area contributed by atoms with Crippen molar-refractivity contribution in [1.82, 2.24) is 15.1 Å². The Labute approximate surface area is 172 Å². The first-order valence-corrected chi connectivity index (χ1v) is 10.2. The lowest BCUT2D eigenvalue weighted by molar-refractivity contribution is -0.120. The molecule has 1 atom stereocenters. The first kappa shape index (κ1) is 21.3. The number of halogens is 1. The van der Waals surface area contributed by atoms with Crippen LogP contribution < -0.4 is 10.1 Å². The number of ether oxygens (including phenoxy) is 1. The van der Waals surface area contributed by atoms with Crippen LogP contribution in [0.1, 0.15) is 24.1 Å². The van der Waals surface area contributed by atoms with Crippen LogP contribution in [0.3, 0.4) is 0 Å². The molecule has 1 aliphatic rings. The highest BCUT2D eigenvalue weighted by atomic mass is 19.1. The Bertz CT molecular complexity index is 772. The van der Waals surface area contributed by atoms with Crippen LogP contribution in [0.15, 0.2) is 48.5 Å². The second kappa shape index (κ2) is 10.4. The van der Waals surface area contributed by atoms with Gasteiger partial charge in [-0.1, -0.05) is 31.2 Å². The molecular weight excluding hydrogens is 369 g/mol. The predicted octanol–water partition coefficient (Wildman–Crippen LogP) is 2.87. The van der Waals surface area contributed by atoms with E-state index in [-0.39, 0.29) is 24.2 Å². The smallest absolute Gasteiger partial charge is 0.224 e. The summed E-state index contributed by atoms with van der Waals surface area (Å²) in [6.45, 7) is 7.80. The molecule has 1 fully saturated rings. The van der Waals surface area contributed by atoms with Crippen molar-refractivity contribution in [3.8, 4) is 5.75 Å². The van der Waals surface area contributed by atoms with E-state index in [9.17, 15) is 9.18 Å². The Morgan fingerprint density at radius 1 is 1.07 bits per heavy atom. The molecule has 29 heavy (non-hydrogen) atoms. The van der Waals surface area contributed by atoms with Crippen LogP contribution in [0.5, 0.6) is 5.75 Å². The number of likely N-dealkylation sites (N-methyl/N-ethyl adjacent to an activating group) is 1. The summed E-state index contributed by atoms with van der Waals surface area (Å²) in [6.07, 6.45) is 0.249. The van der Waals surface area contributed by atoms with Gasteiger partial charge in [-0.3, -0.25) is 9.69 Å². The number of benzene rings is 2. The predicted molar refractivity (Wildman–Crippen MR) is 113 cm³/mol. The van der Waals surface area contributed by atoms with Crippen molar-refractivity contribution in [3.63, 3.8) is 0 Å². The van der Waals surface area contributed by atoms with Gasteiger partial charge in [-0.15, -0.1) is 0 Å². The molecule has 1 saturated heterocycles. The lowest BCUT2D eigenvalue weighted by Crippen LogP contribution is -2.49. The molecule has 2 aromatic rings. The molecule has 0 aliphatic carbocycles. The monoisotopic (exact) mass is 399 g/mol. The summed E-state index contributed by atoms with van der Waals surface area (Å²) in [7, 11) is 1.66. The third kappa shape index (κ3) is 6.02. The average molecular weight is 400 g/mol. The van der Waals surface area contributed by atoms with Gasteiger partial charge in [0.05, 0.1) is 19.6 Å². The van der Waals surface area contributed by atoms with Crippen LogP contribution >= 0.6 is 0 Å². The molecule has 0 saturated carbocycles. The van der Waals surface area contributed by atoms with Crippen LogP contribution in [-0.4, -0.2) is 62.1 Å². The second-order valence-electron chi connectivity index (χ2n) is 7.37. The Kier molecular flexibility index (Phi) is 7.61. The van der Waals surface area contributed by atoms with E-state index in [0.717, 1.165) is 49.6 Å². The standard InChI is InChI=1S/C23H30FN3O2/c1-3-26-12-14-27(15-13-26)22(19-6-10-21(29-2)11-7-19)17-25-23(28)16-18-4-8-20(24)9-5-18/h4-11,22H,3,12-17H2,1-2H3,(H,25,28). The number of piperazine rings is 1. The zero-order valence-electron chi connectivity index (χ0n) is 17.2. The van der Waals surface area contributed by atoms with Gasteiger partial charge in [0.25, 0.3) is 0 Å². The van der Waals surface area contributed by atoms with Gasteiger partial charge in [0.2, 0.25) is 5.91 Å². The normalized spacial score (nSPS) is 16.4. The molecule has 0 aromatic heterocycles. The fourth-order valence-electron chi connectivity index (χ4n) is 3.74. The summed E-state index contributed by atoms with van der Waals surface area (Å²) in [4.78, 5) is 17.3. The van der Waals surface area contributed by atoms with Crippen LogP contribution in [0, 0.1) is 5.82 Å². The Hall–Kier alpha value is -2.44. The van der Waals surface area contributed by atoms with E-state index in [0.29, 0.717) is 6.54 Å². The van der Waals surface area contributed by atoms with Crippen LogP contribution in [0.25, 0.3) is 0 Å². The minimum atomic E-state index is -0.292. The van der Waals surface area contributed by atoms with Gasteiger partial charge in [-0.05, 0) is 41.9 Å². The topological polar surface area (TPSA) is 44.8 Å². The molecule has 1 N–H and O–H groups in total. The van der Waals surface area contributed by atoms with E-state index in [2.05, 4.69) is 34.2 Å². The quantitative estimate of drug-likeness (QED) is 0.741. The van der Waals surface area contributed by atoms with Gasteiger partial charge in [0, 0.05) is 32.7 Å². The molecule has 3 rings (SSSR count). The van der Waals surface area contributed by atoms with Crippen LogP contribution in [-0.2, 0) is 11.2 Å². The van der Waals surface area contributed by atoms with Gasteiger partial charge in [0.1, 0.15) is 11.6 Å². The number of amides is 1. The molecule has 1 heterocycles. The molecule has 0 radical (unpaired) electrons. The highest BCUT2D eigenvalue weighted by Crippen LogP contribution is 2.24. The van der Waals surface area contributed by atoms with Gasteiger partial charge in [0.15, 0.2) is 0 Å². The van der Waals surface area contributed by atoms with Gasteiger partial charge >= 0.3 is 0 Å². The maximum Gasteiger partial charge on any atom is 0.224 e. The zero-order valence-corrected chi connectivity index (χ0v) is 17.2. The molecular formula is C23H30FN3O2. The number of carbonyl (C=O) groups excluding carboxylic acids is 1. The molecule has 0 bridgehead atoms. The molecule has 0 spiro atoms. The number of hydrogen-bond acceptors (Lipinski definition) is 4. The maximum atomic E-state index is 13.1. The summed E-state index contributed by atoms with van der Waals surface area (Å²) in [5.41, 5.74) is 1.97. The van der Waals surface area contributed by atoms with E-state index in [1.54, 1.807) is 19.2 Å². The first-order chi connectivity index (χ1) is 14.1. The van der Waals surface area contributed by atoms with E-state index in [1.165, 1.54) is 12.1 Å². The Morgan fingerprint density at radius 3 is 2.31 bits per heavy atom. The van der Waals surface area contributed by atoms with E-state index >= 15 is 0 Å². The summed E-state index contributed by atoms with van der Waals surface area (Å²) >= 11 is 0. The zero-order chi connectivity index (χ0) is 20.6. The Morgan fingerprint density at radius 2 is 1.72 bits per heavy atom. The SMILES string of the molecule is CCN1CCN(C(CNC(=O)Cc2ccc(F)cc2)c2ccc(OC)cc2)CC1. The fourth-order valence-corrected chi connectivity index (χ4v) is 3.74. The molecule has 156 valence electrons. The summed E-state index contributed by atoms with van der Waals surface area (Å²) in [6, 6.07) is 14.3. The number of nitrogens with zero attached hydrogens (tertiary/aromatic N) is 2. The van der Waals surface area contributed by atoms with Crippen molar-refractivity contribution in [2.75, 3.05) is 46.4 Å². The fraction of sp³-hybridized carbons (Fsp3) is 0.435. The average Bonchev–Trinajstić information content (AvgIpc) is 2.76. The number of hydrogen-bond donors (Lipinski definition) is 1. The summed E-state index contributed by atoms with van der Waals surface area (Å²) in [5, 5.41) is 3.08. The summed E-state index contributed by atoms with van der Waals surface area (Å²) in [5.74, 6) is 0.478. The molecule has 6 heteroatoms. The van der Waals surface area contributed by atoms with Gasteiger partial charge in [-0.25, -0.2) is 4.39 Å². The van der Waals surface area contributed by atoms with Crippen molar-refractivity contribution in [2.24, 2.45) is 0 Å². The van der Waals surface area contributed by atoms with Crippen molar-refractivity contribution in [2.45, 2.75) is 19.4 Å². The number of methoxy groups -OCH3 is 1. The number of carbonyl (C=O) groups is 1. The van der Waals surface area contributed by atoms with E-state index < -0.39 is 0 Å². The summed E-state index contributed by atoms with van der Waals surface area (Å²) < 4.78 is 18.3. The van der Waals surface area contributed by atoms with Gasteiger partial charge in [-0.2, -0.15) is 0 Å². The van der Waals surface area contributed by atoms with Crippen LogP contribution in [0.4, 0.5) is 4.39 Å². The molecule has 1 aliphatic heterocycles. The minimum absolute atomic E-state index is 0.0534. The number of nitrogens with one attached hydrogen (secondary N) is 1. The largest absolute Gasteiger partial charge is 0.497 e. The third-order valence-corrected chi connectivity index (χ3v) is 5.57. The van der Waals surface area contributed by atoms with Crippen molar-refractivity contribution in [3.05, 3.63) is 65.5 Å². The van der Waals surface area contributed by atoms with Crippen molar-refractivity contribution < 1.29 is 13.9 Å². The second-order valence-corrected chi connectivity index (χ2v) is 7.37.